The van der Waals surface area contributed by atoms with Gasteiger partial charge in [0.15, 0.2) is 0 Å². The van der Waals surface area contributed by atoms with Gasteiger partial charge in [0, 0.05) is 19.0 Å². The summed E-state index contributed by atoms with van der Waals surface area (Å²) in [4.78, 5) is 7.95. The molecule has 1 aliphatic heterocycles. The minimum absolute atomic E-state index is 0. The van der Waals surface area contributed by atoms with Gasteiger partial charge >= 0.3 is 0 Å². The van der Waals surface area contributed by atoms with Crippen molar-refractivity contribution in [3.63, 3.8) is 0 Å². The van der Waals surface area contributed by atoms with Gasteiger partial charge in [-0.15, -0.1) is 12.4 Å². The summed E-state index contributed by atoms with van der Waals surface area (Å²) in [6.07, 6.45) is 2.64. The highest BCUT2D eigenvalue weighted by Crippen LogP contribution is 2.17. The minimum atomic E-state index is 0. The second-order valence-corrected chi connectivity index (χ2v) is 3.68. The van der Waals surface area contributed by atoms with Crippen molar-refractivity contribution < 1.29 is 9.47 Å². The Morgan fingerprint density at radius 3 is 2.75 bits per heavy atom. The average Bonchev–Trinajstić information content (AvgIpc) is 2.64. The number of hydrogen-bond donors (Lipinski definition) is 1. The van der Waals surface area contributed by atoms with E-state index in [-0.39, 0.29) is 18.5 Å². The van der Waals surface area contributed by atoms with Crippen LogP contribution in [0.4, 0.5) is 0 Å². The molecule has 0 amide bonds. The van der Waals surface area contributed by atoms with Gasteiger partial charge in [0.05, 0.1) is 13.2 Å². The van der Waals surface area contributed by atoms with Crippen LogP contribution in [0.1, 0.15) is 13.3 Å². The molecule has 1 saturated heterocycles. The molecule has 1 aromatic heterocycles. The van der Waals surface area contributed by atoms with Crippen LogP contribution in [0.2, 0.25) is 0 Å². The first-order chi connectivity index (χ1) is 7.28. The fourth-order valence-electron chi connectivity index (χ4n) is 1.65. The topological polar surface area (TPSA) is 56.3 Å². The Labute approximate surface area is 101 Å². The van der Waals surface area contributed by atoms with Crippen molar-refractivity contribution in [2.75, 3.05) is 13.7 Å². The molecule has 0 aromatic carbocycles. The first-order valence-corrected chi connectivity index (χ1v) is 5.04. The number of rotatable bonds is 3. The third-order valence-corrected chi connectivity index (χ3v) is 2.42. The van der Waals surface area contributed by atoms with Crippen LogP contribution in [0.5, 0.6) is 11.8 Å². The number of ether oxygens (including phenoxy) is 2. The smallest absolute Gasteiger partial charge is 0.220 e. The normalized spacial score (nSPS) is 23.6. The predicted molar refractivity (Wildman–Crippen MR) is 62.3 cm³/mol. The quantitative estimate of drug-likeness (QED) is 0.862. The molecule has 0 spiro atoms. The maximum atomic E-state index is 5.69. The number of halogens is 1. The number of nitrogens with one attached hydrogen (secondary N) is 1. The van der Waals surface area contributed by atoms with E-state index in [1.807, 2.05) is 0 Å². The SMILES string of the molecule is COc1cc(O[C@H]2CN[C@@H](C)C2)ncn1.Cl. The molecule has 1 aliphatic rings. The van der Waals surface area contributed by atoms with Crippen LogP contribution in [-0.2, 0) is 0 Å². The van der Waals surface area contributed by atoms with E-state index in [0.717, 1.165) is 13.0 Å². The predicted octanol–water partition coefficient (Wildman–Crippen LogP) is 1.04. The lowest BCUT2D eigenvalue weighted by Crippen LogP contribution is -2.21. The lowest BCUT2D eigenvalue weighted by atomic mass is 10.2. The molecule has 0 unspecified atom stereocenters. The van der Waals surface area contributed by atoms with Crippen LogP contribution >= 0.6 is 12.4 Å². The van der Waals surface area contributed by atoms with Gasteiger partial charge in [-0.25, -0.2) is 9.97 Å². The van der Waals surface area contributed by atoms with Gasteiger partial charge in [-0.1, -0.05) is 0 Å². The summed E-state index contributed by atoms with van der Waals surface area (Å²) in [5, 5.41) is 3.32. The first-order valence-electron chi connectivity index (χ1n) is 5.04. The average molecular weight is 246 g/mol. The molecule has 0 saturated carbocycles. The van der Waals surface area contributed by atoms with Crippen LogP contribution < -0.4 is 14.8 Å². The minimum Gasteiger partial charge on any atom is -0.481 e. The van der Waals surface area contributed by atoms with E-state index < -0.39 is 0 Å². The second kappa shape index (κ2) is 5.86. The monoisotopic (exact) mass is 245 g/mol. The zero-order valence-corrected chi connectivity index (χ0v) is 10.2. The van der Waals surface area contributed by atoms with E-state index in [2.05, 4.69) is 22.2 Å². The summed E-state index contributed by atoms with van der Waals surface area (Å²) in [7, 11) is 1.57. The summed E-state index contributed by atoms with van der Waals surface area (Å²) >= 11 is 0. The molecule has 2 atom stereocenters. The van der Waals surface area contributed by atoms with Crippen molar-refractivity contribution >= 4 is 12.4 Å². The van der Waals surface area contributed by atoms with Gasteiger partial charge < -0.3 is 14.8 Å². The lowest BCUT2D eigenvalue weighted by molar-refractivity contribution is 0.210. The Bertz CT molecular complexity index is 338. The Balaban J connectivity index is 0.00000128. The maximum Gasteiger partial charge on any atom is 0.220 e. The fraction of sp³-hybridized carbons (Fsp3) is 0.600. The summed E-state index contributed by atoms with van der Waals surface area (Å²) < 4.78 is 10.7. The van der Waals surface area contributed by atoms with Crippen LogP contribution in [0.25, 0.3) is 0 Å². The van der Waals surface area contributed by atoms with E-state index in [1.165, 1.54) is 6.33 Å². The van der Waals surface area contributed by atoms with Crippen molar-refractivity contribution in [1.29, 1.82) is 0 Å². The Morgan fingerprint density at radius 1 is 1.38 bits per heavy atom. The maximum absolute atomic E-state index is 5.69. The third-order valence-electron chi connectivity index (χ3n) is 2.42. The standard InChI is InChI=1S/C10H15N3O2.ClH/c1-7-3-8(5-11-7)15-10-4-9(14-2)12-6-13-10;/h4,6-8,11H,3,5H2,1-2H3;1H/t7-,8+;/m0./s1. The molecule has 0 aliphatic carbocycles. The Morgan fingerprint density at radius 2 is 2.12 bits per heavy atom. The van der Waals surface area contributed by atoms with Crippen LogP contribution in [0, 0.1) is 0 Å². The molecule has 2 heterocycles. The highest BCUT2D eigenvalue weighted by Gasteiger charge is 2.22. The van der Waals surface area contributed by atoms with E-state index in [4.69, 9.17) is 9.47 Å². The third kappa shape index (κ3) is 3.21. The summed E-state index contributed by atoms with van der Waals surface area (Å²) in [5.74, 6) is 1.10. The highest BCUT2D eigenvalue weighted by atomic mass is 35.5. The summed E-state index contributed by atoms with van der Waals surface area (Å²) in [5.41, 5.74) is 0. The van der Waals surface area contributed by atoms with E-state index in [9.17, 15) is 0 Å². The van der Waals surface area contributed by atoms with E-state index in [0.29, 0.717) is 17.8 Å². The summed E-state index contributed by atoms with van der Waals surface area (Å²) in [6, 6.07) is 2.21. The lowest BCUT2D eigenvalue weighted by Gasteiger charge is -2.11. The Hall–Kier alpha value is -1.07. The number of hydrogen-bond acceptors (Lipinski definition) is 5. The van der Waals surface area contributed by atoms with Crippen molar-refractivity contribution in [3.8, 4) is 11.8 Å². The van der Waals surface area contributed by atoms with Crippen LogP contribution in [-0.4, -0.2) is 35.8 Å². The van der Waals surface area contributed by atoms with Gasteiger partial charge in [-0.3, -0.25) is 0 Å². The molecule has 5 nitrogen and oxygen atoms in total. The fourth-order valence-corrected chi connectivity index (χ4v) is 1.65. The Kier molecular flexibility index (Phi) is 4.76. The van der Waals surface area contributed by atoms with Crippen LogP contribution in [0.15, 0.2) is 12.4 Å². The van der Waals surface area contributed by atoms with Crippen molar-refractivity contribution in [1.82, 2.24) is 15.3 Å². The molecule has 1 fully saturated rings. The van der Waals surface area contributed by atoms with Gasteiger partial charge in [0.2, 0.25) is 11.8 Å². The van der Waals surface area contributed by atoms with Gasteiger partial charge in [0.25, 0.3) is 0 Å². The largest absolute Gasteiger partial charge is 0.481 e. The molecule has 2 rings (SSSR count). The van der Waals surface area contributed by atoms with Crippen LogP contribution in [0.3, 0.4) is 0 Å². The first kappa shape index (κ1) is 13.0. The van der Waals surface area contributed by atoms with E-state index >= 15 is 0 Å². The number of aromatic nitrogens is 2. The number of methoxy groups -OCH3 is 1. The summed E-state index contributed by atoms with van der Waals surface area (Å²) in [6.45, 7) is 3.01. The molecule has 0 radical (unpaired) electrons. The number of nitrogens with zero attached hydrogens (tertiary/aromatic N) is 2. The molecule has 1 aromatic rings. The molecule has 90 valence electrons. The van der Waals surface area contributed by atoms with Gasteiger partial charge in [0.1, 0.15) is 12.4 Å². The molecular formula is C10H16ClN3O2. The molecule has 16 heavy (non-hydrogen) atoms. The van der Waals surface area contributed by atoms with Gasteiger partial charge in [-0.2, -0.15) is 0 Å². The zero-order valence-electron chi connectivity index (χ0n) is 9.34. The molecular weight excluding hydrogens is 230 g/mol. The molecule has 1 N–H and O–H groups in total. The molecule has 0 bridgehead atoms. The van der Waals surface area contributed by atoms with Crippen molar-refractivity contribution in [2.45, 2.75) is 25.5 Å². The zero-order chi connectivity index (χ0) is 10.7. The highest BCUT2D eigenvalue weighted by molar-refractivity contribution is 5.85. The molecule has 6 heteroatoms. The van der Waals surface area contributed by atoms with Crippen molar-refractivity contribution in [2.24, 2.45) is 0 Å². The van der Waals surface area contributed by atoms with Gasteiger partial charge in [-0.05, 0) is 6.92 Å². The van der Waals surface area contributed by atoms with E-state index in [1.54, 1.807) is 13.2 Å². The second-order valence-electron chi connectivity index (χ2n) is 3.68. The van der Waals surface area contributed by atoms with Crippen molar-refractivity contribution in [3.05, 3.63) is 12.4 Å².